The molecule has 3 heteroatoms. The number of rotatable bonds is 2. The van der Waals surface area contributed by atoms with Gasteiger partial charge in [0.15, 0.2) is 0 Å². The minimum Gasteiger partial charge on any atom is -0.508 e. The highest BCUT2D eigenvalue weighted by Gasteiger charge is 2.16. The number of hydrogen-bond donors (Lipinski definition) is 3. The van der Waals surface area contributed by atoms with E-state index in [0.717, 1.165) is 24.8 Å². The van der Waals surface area contributed by atoms with Gasteiger partial charge in [-0.2, -0.15) is 0 Å². The van der Waals surface area contributed by atoms with E-state index in [1.807, 2.05) is 6.07 Å². The molecule has 1 aliphatic carbocycles. The summed E-state index contributed by atoms with van der Waals surface area (Å²) in [5, 5.41) is 18.2. The summed E-state index contributed by atoms with van der Waals surface area (Å²) in [4.78, 5) is 0. The van der Waals surface area contributed by atoms with Gasteiger partial charge in [0.05, 0.1) is 0 Å². The summed E-state index contributed by atoms with van der Waals surface area (Å²) >= 11 is 0. The van der Waals surface area contributed by atoms with Crippen LogP contribution in [0.25, 0.3) is 0 Å². The van der Waals surface area contributed by atoms with Crippen molar-refractivity contribution in [3.05, 3.63) is 28.8 Å². The second kappa shape index (κ2) is 3.36. The minimum absolute atomic E-state index is 0.280. The van der Waals surface area contributed by atoms with Crippen LogP contribution in [0.3, 0.4) is 0 Å². The Morgan fingerprint density at radius 2 is 2.15 bits per heavy atom. The van der Waals surface area contributed by atoms with Crippen LogP contribution in [0.2, 0.25) is 0 Å². The van der Waals surface area contributed by atoms with Gasteiger partial charge in [0, 0.05) is 12.1 Å². The predicted molar refractivity (Wildman–Crippen MR) is 48.8 cm³/mol. The van der Waals surface area contributed by atoms with E-state index in [4.69, 9.17) is 5.21 Å². The first kappa shape index (κ1) is 8.53. The molecule has 0 fully saturated rings. The summed E-state index contributed by atoms with van der Waals surface area (Å²) in [6, 6.07) is 3.68. The molecule has 0 radical (unpaired) electrons. The van der Waals surface area contributed by atoms with Crippen LogP contribution >= 0.6 is 0 Å². The molecule has 0 aliphatic heterocycles. The third-order valence-electron chi connectivity index (χ3n) is 2.63. The Hall–Kier alpha value is -1.06. The molecule has 0 spiro atoms. The predicted octanol–water partition coefficient (Wildman–Crippen LogP) is 1.36. The van der Waals surface area contributed by atoms with Gasteiger partial charge in [-0.05, 0) is 36.5 Å². The van der Waals surface area contributed by atoms with Gasteiger partial charge in [0.25, 0.3) is 0 Å². The van der Waals surface area contributed by atoms with E-state index in [1.54, 1.807) is 6.07 Å². The standard InChI is InChI=1S/C10H13NO2/c12-10-5-4-7-2-1-3-8(7)9(10)6-11-13/h4-5,11-13H,1-3,6H2. The first-order valence-electron chi connectivity index (χ1n) is 4.52. The summed E-state index contributed by atoms with van der Waals surface area (Å²) in [6.07, 6.45) is 3.26. The maximum atomic E-state index is 9.55. The van der Waals surface area contributed by atoms with E-state index >= 15 is 0 Å². The van der Waals surface area contributed by atoms with Gasteiger partial charge in [-0.3, -0.25) is 0 Å². The number of hydroxylamine groups is 1. The Balaban J connectivity index is 2.45. The molecular weight excluding hydrogens is 166 g/mol. The minimum atomic E-state index is 0.280. The van der Waals surface area contributed by atoms with Gasteiger partial charge in [-0.1, -0.05) is 6.07 Å². The summed E-state index contributed by atoms with van der Waals surface area (Å²) < 4.78 is 0. The Kier molecular flexibility index (Phi) is 2.20. The van der Waals surface area contributed by atoms with Crippen molar-refractivity contribution in [3.63, 3.8) is 0 Å². The SMILES string of the molecule is ONCc1c(O)ccc2c1CCC2. The molecule has 0 atom stereocenters. The van der Waals surface area contributed by atoms with Crippen LogP contribution in [0.15, 0.2) is 12.1 Å². The van der Waals surface area contributed by atoms with Crippen molar-refractivity contribution in [2.75, 3.05) is 0 Å². The highest BCUT2D eigenvalue weighted by atomic mass is 16.5. The fraction of sp³-hybridized carbons (Fsp3) is 0.400. The normalized spacial score (nSPS) is 14.5. The van der Waals surface area contributed by atoms with Crippen LogP contribution in [-0.2, 0) is 19.4 Å². The largest absolute Gasteiger partial charge is 0.508 e. The smallest absolute Gasteiger partial charge is 0.120 e. The molecule has 1 aromatic carbocycles. The topological polar surface area (TPSA) is 52.5 Å². The number of phenolic OH excluding ortho intramolecular Hbond substituents is 1. The fourth-order valence-corrected chi connectivity index (χ4v) is 2.01. The van der Waals surface area contributed by atoms with Crippen LogP contribution in [0.5, 0.6) is 5.75 Å². The molecule has 0 heterocycles. The van der Waals surface area contributed by atoms with E-state index in [9.17, 15) is 5.11 Å². The first-order chi connectivity index (χ1) is 6.33. The molecule has 3 nitrogen and oxygen atoms in total. The van der Waals surface area contributed by atoms with Gasteiger partial charge in [-0.25, -0.2) is 5.48 Å². The highest BCUT2D eigenvalue weighted by molar-refractivity contribution is 5.46. The number of aromatic hydroxyl groups is 1. The van der Waals surface area contributed by atoms with Crippen LogP contribution in [0.1, 0.15) is 23.1 Å². The number of fused-ring (bicyclic) bond motifs is 1. The van der Waals surface area contributed by atoms with Crippen molar-refractivity contribution in [1.82, 2.24) is 5.48 Å². The Bertz CT molecular complexity index is 323. The van der Waals surface area contributed by atoms with Crippen molar-refractivity contribution in [3.8, 4) is 5.75 Å². The zero-order valence-corrected chi connectivity index (χ0v) is 7.38. The maximum absolute atomic E-state index is 9.55. The van der Waals surface area contributed by atoms with E-state index in [0.29, 0.717) is 6.54 Å². The van der Waals surface area contributed by atoms with Crippen molar-refractivity contribution in [1.29, 1.82) is 0 Å². The molecule has 0 bridgehead atoms. The zero-order chi connectivity index (χ0) is 9.26. The molecule has 1 aromatic rings. The van der Waals surface area contributed by atoms with Crippen molar-refractivity contribution >= 4 is 0 Å². The van der Waals surface area contributed by atoms with Crippen LogP contribution in [-0.4, -0.2) is 10.3 Å². The lowest BCUT2D eigenvalue weighted by Crippen LogP contribution is -2.08. The highest BCUT2D eigenvalue weighted by Crippen LogP contribution is 2.30. The molecule has 0 aromatic heterocycles. The van der Waals surface area contributed by atoms with Crippen molar-refractivity contribution in [2.24, 2.45) is 0 Å². The van der Waals surface area contributed by atoms with Crippen LogP contribution in [0.4, 0.5) is 0 Å². The number of nitrogens with one attached hydrogen (secondary N) is 1. The third kappa shape index (κ3) is 1.41. The number of benzene rings is 1. The molecule has 70 valence electrons. The molecular formula is C10H13NO2. The lowest BCUT2D eigenvalue weighted by atomic mass is 10.0. The summed E-state index contributed by atoms with van der Waals surface area (Å²) in [5.74, 6) is 0.280. The van der Waals surface area contributed by atoms with Crippen molar-refractivity contribution < 1.29 is 10.3 Å². The molecule has 0 saturated heterocycles. The van der Waals surface area contributed by atoms with E-state index in [-0.39, 0.29) is 5.75 Å². The maximum Gasteiger partial charge on any atom is 0.120 e. The Labute approximate surface area is 77.0 Å². The molecule has 1 aliphatic rings. The van der Waals surface area contributed by atoms with E-state index in [1.165, 1.54) is 11.1 Å². The van der Waals surface area contributed by atoms with E-state index < -0.39 is 0 Å². The molecule has 3 N–H and O–H groups in total. The Morgan fingerprint density at radius 3 is 2.92 bits per heavy atom. The Morgan fingerprint density at radius 1 is 1.31 bits per heavy atom. The molecule has 0 saturated carbocycles. The lowest BCUT2D eigenvalue weighted by Gasteiger charge is -2.09. The average Bonchev–Trinajstić information content (AvgIpc) is 2.58. The lowest BCUT2D eigenvalue weighted by molar-refractivity contribution is 0.160. The molecule has 0 unspecified atom stereocenters. The zero-order valence-electron chi connectivity index (χ0n) is 7.38. The first-order valence-corrected chi connectivity index (χ1v) is 4.52. The van der Waals surface area contributed by atoms with Gasteiger partial charge in [-0.15, -0.1) is 0 Å². The third-order valence-corrected chi connectivity index (χ3v) is 2.63. The quantitative estimate of drug-likeness (QED) is 0.601. The van der Waals surface area contributed by atoms with Gasteiger partial charge >= 0.3 is 0 Å². The number of aryl methyl sites for hydroxylation is 1. The fourth-order valence-electron chi connectivity index (χ4n) is 2.01. The van der Waals surface area contributed by atoms with Gasteiger partial charge in [0.2, 0.25) is 0 Å². The summed E-state index contributed by atoms with van der Waals surface area (Å²) in [7, 11) is 0. The molecule has 13 heavy (non-hydrogen) atoms. The van der Waals surface area contributed by atoms with Gasteiger partial charge < -0.3 is 10.3 Å². The number of hydrogen-bond acceptors (Lipinski definition) is 3. The molecule has 0 amide bonds. The second-order valence-electron chi connectivity index (χ2n) is 3.39. The molecule has 2 rings (SSSR count). The van der Waals surface area contributed by atoms with E-state index in [2.05, 4.69) is 5.48 Å². The summed E-state index contributed by atoms with van der Waals surface area (Å²) in [5.41, 5.74) is 5.46. The van der Waals surface area contributed by atoms with Crippen LogP contribution in [0, 0.1) is 0 Å². The number of phenols is 1. The van der Waals surface area contributed by atoms with Crippen molar-refractivity contribution in [2.45, 2.75) is 25.8 Å². The second-order valence-corrected chi connectivity index (χ2v) is 3.39. The summed E-state index contributed by atoms with van der Waals surface area (Å²) in [6.45, 7) is 0.328. The average molecular weight is 179 g/mol. The monoisotopic (exact) mass is 179 g/mol. The van der Waals surface area contributed by atoms with Crippen LogP contribution < -0.4 is 5.48 Å². The van der Waals surface area contributed by atoms with Gasteiger partial charge in [0.1, 0.15) is 5.75 Å².